The van der Waals surface area contributed by atoms with Gasteiger partial charge in [0.05, 0.1) is 16.1 Å². The maximum absolute atomic E-state index is 12.9. The van der Waals surface area contributed by atoms with E-state index >= 15 is 0 Å². The lowest BCUT2D eigenvalue weighted by Gasteiger charge is -2.35. The van der Waals surface area contributed by atoms with Crippen LogP contribution >= 0.6 is 23.2 Å². The van der Waals surface area contributed by atoms with Crippen LogP contribution in [0.1, 0.15) is 47.1 Å². The second-order valence-corrected chi connectivity index (χ2v) is 7.51. The van der Waals surface area contributed by atoms with Crippen molar-refractivity contribution < 1.29 is 9.59 Å². The lowest BCUT2D eigenvalue weighted by Crippen LogP contribution is -2.55. The number of hydrazine groups is 1. The molecule has 0 atom stereocenters. The van der Waals surface area contributed by atoms with E-state index < -0.39 is 11.4 Å². The van der Waals surface area contributed by atoms with Crippen LogP contribution in [0.2, 0.25) is 10.0 Å². The molecule has 0 saturated carbocycles. The Hall–Kier alpha value is -2.04. The Balaban J connectivity index is 2.34. The molecular weight excluding hydrogens is 359 g/mol. The van der Waals surface area contributed by atoms with Gasteiger partial charge in [-0.3, -0.25) is 15.0 Å². The van der Waals surface area contributed by atoms with Crippen LogP contribution in [-0.4, -0.2) is 22.4 Å². The van der Waals surface area contributed by atoms with Gasteiger partial charge < -0.3 is 0 Å². The zero-order valence-electron chi connectivity index (χ0n) is 14.6. The Morgan fingerprint density at radius 1 is 1.04 bits per heavy atom. The number of aryl methyl sites for hydroxylation is 1. The molecule has 132 valence electrons. The van der Waals surface area contributed by atoms with Gasteiger partial charge in [-0.25, -0.2) is 5.01 Å². The minimum atomic E-state index is -0.647. The van der Waals surface area contributed by atoms with Gasteiger partial charge in [0.1, 0.15) is 0 Å². The molecular formula is C19H20Cl2N2O2. The standard InChI is InChI=1S/C19H20Cl2N2O2/c1-12-7-5-10-15(16(12)21)17(24)22-23(19(2,3)4)18(25)13-8-6-9-14(20)11-13/h5-11H,1-4H3,(H,22,24). The van der Waals surface area contributed by atoms with E-state index in [4.69, 9.17) is 23.2 Å². The van der Waals surface area contributed by atoms with Gasteiger partial charge in [-0.2, -0.15) is 0 Å². The summed E-state index contributed by atoms with van der Waals surface area (Å²) < 4.78 is 0. The van der Waals surface area contributed by atoms with Gasteiger partial charge in [0, 0.05) is 10.6 Å². The lowest BCUT2D eigenvalue weighted by molar-refractivity contribution is 0.0358. The van der Waals surface area contributed by atoms with E-state index in [1.165, 1.54) is 5.01 Å². The predicted octanol–water partition coefficient (Wildman–Crippen LogP) is 4.89. The summed E-state index contributed by atoms with van der Waals surface area (Å²) in [4.78, 5) is 25.5. The van der Waals surface area contributed by atoms with Crippen molar-refractivity contribution in [2.75, 3.05) is 0 Å². The zero-order chi connectivity index (χ0) is 18.8. The van der Waals surface area contributed by atoms with Crippen molar-refractivity contribution in [2.24, 2.45) is 0 Å². The number of carbonyl (C=O) groups is 2. The van der Waals surface area contributed by atoms with E-state index in [9.17, 15) is 9.59 Å². The van der Waals surface area contributed by atoms with Gasteiger partial charge in [-0.05, 0) is 57.5 Å². The molecule has 0 fully saturated rings. The molecule has 2 amide bonds. The number of hydrogen-bond donors (Lipinski definition) is 1. The number of hydrogen-bond acceptors (Lipinski definition) is 2. The van der Waals surface area contributed by atoms with Crippen LogP contribution in [0.5, 0.6) is 0 Å². The SMILES string of the molecule is Cc1cccc(C(=O)NN(C(=O)c2cccc(Cl)c2)C(C)(C)C)c1Cl. The molecule has 25 heavy (non-hydrogen) atoms. The maximum atomic E-state index is 12.9. The average Bonchev–Trinajstić information content (AvgIpc) is 2.53. The summed E-state index contributed by atoms with van der Waals surface area (Å²) >= 11 is 12.2. The molecule has 0 spiro atoms. The fourth-order valence-electron chi connectivity index (χ4n) is 2.26. The smallest absolute Gasteiger partial charge is 0.267 e. The van der Waals surface area contributed by atoms with E-state index in [2.05, 4.69) is 5.43 Å². The Bertz CT molecular complexity index is 813. The van der Waals surface area contributed by atoms with Crippen LogP contribution < -0.4 is 5.43 Å². The summed E-state index contributed by atoms with van der Waals surface area (Å²) in [5.74, 6) is -0.800. The first-order valence-electron chi connectivity index (χ1n) is 7.77. The fourth-order valence-corrected chi connectivity index (χ4v) is 2.66. The monoisotopic (exact) mass is 378 g/mol. The molecule has 1 N–H and O–H groups in total. The van der Waals surface area contributed by atoms with Gasteiger partial charge >= 0.3 is 0 Å². The molecule has 0 unspecified atom stereocenters. The Kier molecular flexibility index (Phi) is 5.76. The lowest BCUT2D eigenvalue weighted by atomic mass is 10.1. The van der Waals surface area contributed by atoms with Gasteiger partial charge in [0.15, 0.2) is 0 Å². The molecule has 2 aromatic rings. The minimum absolute atomic E-state index is 0.315. The van der Waals surface area contributed by atoms with Crippen molar-refractivity contribution in [1.82, 2.24) is 10.4 Å². The van der Waals surface area contributed by atoms with Crippen molar-refractivity contribution in [1.29, 1.82) is 0 Å². The van der Waals surface area contributed by atoms with Crippen molar-refractivity contribution in [3.05, 3.63) is 69.2 Å². The molecule has 0 bridgehead atoms. The highest BCUT2D eigenvalue weighted by molar-refractivity contribution is 6.34. The van der Waals surface area contributed by atoms with Crippen molar-refractivity contribution in [3.63, 3.8) is 0 Å². The van der Waals surface area contributed by atoms with Crippen molar-refractivity contribution >= 4 is 35.0 Å². The van der Waals surface area contributed by atoms with E-state index in [0.717, 1.165) is 5.56 Å². The van der Waals surface area contributed by atoms with E-state index in [0.29, 0.717) is 21.2 Å². The quantitative estimate of drug-likeness (QED) is 0.756. The summed E-state index contributed by atoms with van der Waals surface area (Å²) in [5.41, 5.74) is 3.52. The number of halogens is 2. The second kappa shape index (κ2) is 7.46. The van der Waals surface area contributed by atoms with Gasteiger partial charge in [-0.1, -0.05) is 41.4 Å². The summed E-state index contributed by atoms with van der Waals surface area (Å²) in [5, 5.41) is 2.11. The summed E-state index contributed by atoms with van der Waals surface area (Å²) in [6, 6.07) is 11.8. The Morgan fingerprint density at radius 3 is 2.28 bits per heavy atom. The number of nitrogens with zero attached hydrogens (tertiary/aromatic N) is 1. The topological polar surface area (TPSA) is 49.4 Å². The molecule has 4 nitrogen and oxygen atoms in total. The van der Waals surface area contributed by atoms with Gasteiger partial charge in [-0.15, -0.1) is 0 Å². The second-order valence-electron chi connectivity index (χ2n) is 6.70. The van der Waals surface area contributed by atoms with Crippen LogP contribution in [0.15, 0.2) is 42.5 Å². The van der Waals surface area contributed by atoms with Gasteiger partial charge in [0.25, 0.3) is 11.8 Å². The largest absolute Gasteiger partial charge is 0.272 e. The minimum Gasteiger partial charge on any atom is -0.267 e. The molecule has 0 heterocycles. The first-order chi connectivity index (χ1) is 11.6. The van der Waals surface area contributed by atoms with E-state index in [1.807, 2.05) is 33.8 Å². The third-order valence-corrected chi connectivity index (χ3v) is 4.33. The van der Waals surface area contributed by atoms with Crippen LogP contribution in [0.25, 0.3) is 0 Å². The molecule has 2 aromatic carbocycles. The fraction of sp³-hybridized carbons (Fsp3) is 0.263. The zero-order valence-corrected chi connectivity index (χ0v) is 16.1. The number of nitrogens with one attached hydrogen (secondary N) is 1. The van der Waals surface area contributed by atoms with Gasteiger partial charge in [0.2, 0.25) is 0 Å². The summed E-state index contributed by atoms with van der Waals surface area (Å²) in [7, 11) is 0. The highest BCUT2D eigenvalue weighted by atomic mass is 35.5. The van der Waals surface area contributed by atoms with Crippen LogP contribution in [0.3, 0.4) is 0 Å². The summed E-state index contributed by atoms with van der Waals surface area (Å²) in [6.07, 6.45) is 0. The van der Waals surface area contributed by atoms with Crippen LogP contribution in [0.4, 0.5) is 0 Å². The first kappa shape index (κ1) is 19.3. The molecule has 6 heteroatoms. The number of carbonyl (C=O) groups excluding carboxylic acids is 2. The molecule has 0 radical (unpaired) electrons. The summed E-state index contributed by atoms with van der Waals surface area (Å²) in [6.45, 7) is 7.30. The average molecular weight is 379 g/mol. The maximum Gasteiger partial charge on any atom is 0.272 e. The third kappa shape index (κ3) is 4.53. The molecule has 0 aliphatic heterocycles. The molecule has 0 aliphatic carbocycles. The molecule has 0 saturated heterocycles. The number of rotatable bonds is 2. The molecule has 0 aromatic heterocycles. The van der Waals surface area contributed by atoms with E-state index in [-0.39, 0.29) is 5.91 Å². The highest BCUT2D eigenvalue weighted by Crippen LogP contribution is 2.22. The molecule has 2 rings (SSSR count). The van der Waals surface area contributed by atoms with E-state index in [1.54, 1.807) is 36.4 Å². The van der Waals surface area contributed by atoms with Crippen molar-refractivity contribution in [2.45, 2.75) is 33.2 Å². The first-order valence-corrected chi connectivity index (χ1v) is 8.53. The van der Waals surface area contributed by atoms with Crippen LogP contribution in [-0.2, 0) is 0 Å². The number of benzene rings is 2. The normalized spacial score (nSPS) is 11.1. The third-order valence-electron chi connectivity index (χ3n) is 3.60. The Morgan fingerprint density at radius 2 is 1.68 bits per heavy atom. The highest BCUT2D eigenvalue weighted by Gasteiger charge is 2.30. The van der Waals surface area contributed by atoms with Crippen molar-refractivity contribution in [3.8, 4) is 0 Å². The predicted molar refractivity (Wildman–Crippen MR) is 101 cm³/mol. The molecule has 0 aliphatic rings. The van der Waals surface area contributed by atoms with Crippen LogP contribution in [0, 0.1) is 6.92 Å². The Labute approximate surface area is 157 Å². The number of amides is 2.